The number of aliphatic hydroxyl groups excluding tert-OH is 1. The van der Waals surface area contributed by atoms with E-state index in [1.54, 1.807) is 6.33 Å². The summed E-state index contributed by atoms with van der Waals surface area (Å²) in [6, 6.07) is 2.38. The Morgan fingerprint density at radius 3 is 2.87 bits per heavy atom. The molecule has 0 spiro atoms. The Bertz CT molecular complexity index is 491. The molecule has 2 fully saturated rings. The van der Waals surface area contributed by atoms with Crippen LogP contribution in [0.5, 0.6) is 0 Å². The normalized spacial score (nSPS) is 24.4. The van der Waals surface area contributed by atoms with Gasteiger partial charge in [-0.15, -0.1) is 0 Å². The predicted octanol–water partition coefficient (Wildman–Crippen LogP) is 2.06. The summed E-state index contributed by atoms with van der Waals surface area (Å²) in [6.07, 6.45) is 6.93. The van der Waals surface area contributed by atoms with Crippen LogP contribution in [0.3, 0.4) is 0 Å². The van der Waals surface area contributed by atoms with E-state index in [0.29, 0.717) is 6.04 Å². The second-order valence-corrected chi connectivity index (χ2v) is 6.82. The van der Waals surface area contributed by atoms with Crippen molar-refractivity contribution in [3.8, 4) is 0 Å². The van der Waals surface area contributed by atoms with E-state index in [9.17, 15) is 5.11 Å². The van der Waals surface area contributed by atoms with Crippen LogP contribution in [0.25, 0.3) is 0 Å². The quantitative estimate of drug-likeness (QED) is 0.865. The SMILES string of the molecule is CCC1(CO)CCN(c2cc(N[C@H]3CCCOC3)ncn2)CC1. The predicted molar refractivity (Wildman–Crippen MR) is 90.8 cm³/mol. The first-order valence-electron chi connectivity index (χ1n) is 8.77. The standard InChI is InChI=1S/C17H28N4O2/c1-2-17(12-22)5-7-21(8-6-17)16-10-15(18-13-19-16)20-14-4-3-9-23-11-14/h10,13-14,22H,2-9,11-12H2,1H3,(H,18,19,20)/t14-/m0/s1. The molecule has 3 rings (SSSR count). The zero-order valence-electron chi connectivity index (χ0n) is 14.0. The molecule has 6 heteroatoms. The molecule has 0 bridgehead atoms. The highest BCUT2D eigenvalue weighted by atomic mass is 16.5. The molecule has 2 aliphatic heterocycles. The molecule has 0 aliphatic carbocycles. The summed E-state index contributed by atoms with van der Waals surface area (Å²) in [7, 11) is 0. The van der Waals surface area contributed by atoms with Crippen LogP contribution in [0.1, 0.15) is 39.0 Å². The van der Waals surface area contributed by atoms with Gasteiger partial charge >= 0.3 is 0 Å². The van der Waals surface area contributed by atoms with Gasteiger partial charge in [-0.05, 0) is 37.5 Å². The van der Waals surface area contributed by atoms with E-state index in [4.69, 9.17) is 4.74 Å². The fourth-order valence-electron chi connectivity index (χ4n) is 3.50. The van der Waals surface area contributed by atoms with Crippen LogP contribution in [0.15, 0.2) is 12.4 Å². The zero-order valence-corrected chi connectivity index (χ0v) is 14.0. The van der Waals surface area contributed by atoms with Crippen molar-refractivity contribution in [2.24, 2.45) is 5.41 Å². The molecule has 1 aromatic heterocycles. The largest absolute Gasteiger partial charge is 0.396 e. The van der Waals surface area contributed by atoms with Crippen LogP contribution in [0.4, 0.5) is 11.6 Å². The smallest absolute Gasteiger partial charge is 0.134 e. The minimum atomic E-state index is 0.101. The average molecular weight is 320 g/mol. The third kappa shape index (κ3) is 3.93. The molecule has 2 N–H and O–H groups in total. The summed E-state index contributed by atoms with van der Waals surface area (Å²) in [5, 5.41) is 13.1. The summed E-state index contributed by atoms with van der Waals surface area (Å²) in [5.41, 5.74) is 0.101. The van der Waals surface area contributed by atoms with E-state index in [2.05, 4.69) is 27.1 Å². The van der Waals surface area contributed by atoms with Crippen LogP contribution in [0.2, 0.25) is 0 Å². The van der Waals surface area contributed by atoms with Gasteiger partial charge in [0.05, 0.1) is 12.6 Å². The molecular weight excluding hydrogens is 292 g/mol. The number of nitrogens with one attached hydrogen (secondary N) is 1. The maximum Gasteiger partial charge on any atom is 0.134 e. The minimum absolute atomic E-state index is 0.101. The lowest BCUT2D eigenvalue weighted by molar-refractivity contribution is 0.0875. The second kappa shape index (κ2) is 7.45. The van der Waals surface area contributed by atoms with Crippen molar-refractivity contribution in [1.29, 1.82) is 0 Å². The molecule has 128 valence electrons. The lowest BCUT2D eigenvalue weighted by atomic mass is 9.77. The molecule has 0 radical (unpaired) electrons. The topological polar surface area (TPSA) is 70.5 Å². The summed E-state index contributed by atoms with van der Waals surface area (Å²) >= 11 is 0. The van der Waals surface area contributed by atoms with Crippen LogP contribution in [-0.2, 0) is 4.74 Å². The molecular formula is C17H28N4O2. The number of hydrogen-bond acceptors (Lipinski definition) is 6. The Labute approximate surface area is 138 Å². The van der Waals surface area contributed by atoms with E-state index in [1.807, 2.05) is 6.07 Å². The number of hydrogen-bond donors (Lipinski definition) is 2. The van der Waals surface area contributed by atoms with Gasteiger partial charge in [-0.1, -0.05) is 6.92 Å². The highest BCUT2D eigenvalue weighted by molar-refractivity contribution is 5.49. The number of rotatable bonds is 5. The van der Waals surface area contributed by atoms with E-state index < -0.39 is 0 Å². The molecule has 2 aliphatic rings. The summed E-state index contributed by atoms with van der Waals surface area (Å²) in [5.74, 6) is 1.85. The highest BCUT2D eigenvalue weighted by Gasteiger charge is 2.32. The van der Waals surface area contributed by atoms with Gasteiger partial charge in [0.1, 0.15) is 18.0 Å². The van der Waals surface area contributed by atoms with Crippen molar-refractivity contribution < 1.29 is 9.84 Å². The van der Waals surface area contributed by atoms with Crippen LogP contribution in [0, 0.1) is 5.41 Å². The van der Waals surface area contributed by atoms with E-state index in [1.165, 1.54) is 0 Å². The molecule has 0 saturated carbocycles. The first-order chi connectivity index (χ1) is 11.2. The van der Waals surface area contributed by atoms with Crippen molar-refractivity contribution in [2.75, 3.05) is 43.1 Å². The molecule has 2 saturated heterocycles. The molecule has 0 unspecified atom stereocenters. The summed E-state index contributed by atoms with van der Waals surface area (Å²) < 4.78 is 5.51. The van der Waals surface area contributed by atoms with Crippen LogP contribution >= 0.6 is 0 Å². The third-order valence-corrected chi connectivity index (χ3v) is 5.40. The van der Waals surface area contributed by atoms with Gasteiger partial charge in [0.15, 0.2) is 0 Å². The van der Waals surface area contributed by atoms with Crippen LogP contribution < -0.4 is 10.2 Å². The lowest BCUT2D eigenvalue weighted by Gasteiger charge is -2.40. The molecule has 23 heavy (non-hydrogen) atoms. The fourth-order valence-corrected chi connectivity index (χ4v) is 3.50. The number of aliphatic hydroxyl groups is 1. The van der Waals surface area contributed by atoms with Gasteiger partial charge < -0.3 is 20.1 Å². The maximum absolute atomic E-state index is 9.66. The monoisotopic (exact) mass is 320 g/mol. The van der Waals surface area contributed by atoms with Crippen molar-refractivity contribution in [1.82, 2.24) is 9.97 Å². The van der Waals surface area contributed by atoms with Crippen molar-refractivity contribution in [3.63, 3.8) is 0 Å². The first-order valence-corrected chi connectivity index (χ1v) is 8.77. The van der Waals surface area contributed by atoms with Gasteiger partial charge in [0, 0.05) is 32.4 Å². The van der Waals surface area contributed by atoms with Crippen LogP contribution in [-0.4, -0.2) is 54.0 Å². The Hall–Kier alpha value is -1.40. The number of ether oxygens (including phenoxy) is 1. The van der Waals surface area contributed by atoms with Crippen molar-refractivity contribution in [2.45, 2.75) is 45.1 Å². The van der Waals surface area contributed by atoms with E-state index in [0.717, 1.165) is 70.0 Å². The Kier molecular flexibility index (Phi) is 5.33. The molecule has 0 aromatic carbocycles. The average Bonchev–Trinajstić information content (AvgIpc) is 2.63. The molecule has 3 heterocycles. The second-order valence-electron chi connectivity index (χ2n) is 6.82. The molecule has 0 amide bonds. The first kappa shape index (κ1) is 16.5. The Balaban J connectivity index is 1.61. The van der Waals surface area contributed by atoms with Crippen molar-refractivity contribution in [3.05, 3.63) is 12.4 Å². The summed E-state index contributed by atoms with van der Waals surface area (Å²) in [6.45, 7) is 5.96. The third-order valence-electron chi connectivity index (χ3n) is 5.40. The highest BCUT2D eigenvalue weighted by Crippen LogP contribution is 2.35. The zero-order chi connectivity index (χ0) is 16.1. The Morgan fingerprint density at radius 1 is 1.39 bits per heavy atom. The van der Waals surface area contributed by atoms with Crippen molar-refractivity contribution >= 4 is 11.6 Å². The van der Waals surface area contributed by atoms with Gasteiger partial charge in [-0.2, -0.15) is 0 Å². The molecule has 6 nitrogen and oxygen atoms in total. The van der Waals surface area contributed by atoms with Gasteiger partial charge in [-0.25, -0.2) is 9.97 Å². The molecule has 1 atom stereocenters. The van der Waals surface area contributed by atoms with E-state index in [-0.39, 0.29) is 12.0 Å². The minimum Gasteiger partial charge on any atom is -0.396 e. The number of nitrogens with zero attached hydrogens (tertiary/aromatic N) is 3. The van der Waals surface area contributed by atoms with Gasteiger partial charge in [-0.3, -0.25) is 0 Å². The number of piperidine rings is 1. The number of aromatic nitrogens is 2. The van der Waals surface area contributed by atoms with Gasteiger partial charge in [0.25, 0.3) is 0 Å². The fraction of sp³-hybridized carbons (Fsp3) is 0.765. The summed E-state index contributed by atoms with van der Waals surface area (Å²) in [4.78, 5) is 11.1. The Morgan fingerprint density at radius 2 is 2.22 bits per heavy atom. The van der Waals surface area contributed by atoms with E-state index >= 15 is 0 Å². The number of anilines is 2. The van der Waals surface area contributed by atoms with Gasteiger partial charge in [0.2, 0.25) is 0 Å². The molecule has 1 aromatic rings. The maximum atomic E-state index is 9.66. The lowest BCUT2D eigenvalue weighted by Crippen LogP contribution is -2.42.